The van der Waals surface area contributed by atoms with Crippen molar-refractivity contribution in [2.45, 2.75) is 33.7 Å². The number of hydrogen-bond acceptors (Lipinski definition) is 9. The Morgan fingerprint density at radius 2 is 1.75 bits per heavy atom. The van der Waals surface area contributed by atoms with E-state index < -0.39 is 17.7 Å². The summed E-state index contributed by atoms with van der Waals surface area (Å²) < 4.78 is 11.4. The molecule has 1 saturated heterocycles. The van der Waals surface area contributed by atoms with Gasteiger partial charge in [-0.3, -0.25) is 24.3 Å². The normalized spacial score (nSPS) is 16.9. The minimum absolute atomic E-state index is 0.102. The van der Waals surface area contributed by atoms with Crippen LogP contribution in [0.25, 0.3) is 5.76 Å². The molecule has 1 aliphatic rings. The summed E-state index contributed by atoms with van der Waals surface area (Å²) in [4.78, 5) is 48.7. The first-order chi connectivity index (χ1) is 17.3. The molecular weight excluding hydrogens is 482 g/mol. The Labute approximate surface area is 212 Å². The Bertz CT molecular complexity index is 1370. The topological polar surface area (TPSA) is 119 Å². The standard InChI is InChI=1S/C26H25N3O6S/c1-5-34-18-8-7-17(13-19(18)35-6-2)21-20(22(31)16-9-11-27-12-10-16)23(32)25(33)29(21)26-28-14(3)24(36-26)15(4)30/h7-13,21,31H,5-6H2,1-4H3. The lowest BCUT2D eigenvalue weighted by Gasteiger charge is -2.24. The first-order valence-electron chi connectivity index (χ1n) is 11.4. The molecule has 4 rings (SSSR count). The van der Waals surface area contributed by atoms with Crippen LogP contribution < -0.4 is 14.4 Å². The smallest absolute Gasteiger partial charge is 0.301 e. The molecule has 10 heteroatoms. The van der Waals surface area contributed by atoms with E-state index in [0.29, 0.717) is 46.4 Å². The fourth-order valence-corrected chi connectivity index (χ4v) is 5.05. The summed E-state index contributed by atoms with van der Waals surface area (Å²) in [5, 5.41) is 11.4. The van der Waals surface area contributed by atoms with E-state index in [1.165, 1.54) is 24.2 Å². The van der Waals surface area contributed by atoms with Crippen molar-refractivity contribution in [1.82, 2.24) is 9.97 Å². The Hall–Kier alpha value is -4.05. The average molecular weight is 508 g/mol. The molecule has 1 unspecified atom stereocenters. The molecule has 9 nitrogen and oxygen atoms in total. The van der Waals surface area contributed by atoms with Crippen LogP contribution >= 0.6 is 11.3 Å². The molecule has 1 aromatic carbocycles. The van der Waals surface area contributed by atoms with Crippen molar-refractivity contribution < 1.29 is 29.0 Å². The molecule has 0 saturated carbocycles. The second-order valence-electron chi connectivity index (χ2n) is 7.94. The molecule has 1 atom stereocenters. The number of thiazole rings is 1. The number of nitrogens with zero attached hydrogens (tertiary/aromatic N) is 3. The van der Waals surface area contributed by atoms with E-state index in [1.807, 2.05) is 13.8 Å². The summed E-state index contributed by atoms with van der Waals surface area (Å²) in [5.41, 5.74) is 1.20. The number of amides is 1. The molecule has 1 fully saturated rings. The Morgan fingerprint density at radius 3 is 2.36 bits per heavy atom. The monoisotopic (exact) mass is 507 g/mol. The van der Waals surface area contributed by atoms with Crippen LogP contribution in [0.4, 0.5) is 5.13 Å². The maximum absolute atomic E-state index is 13.4. The quantitative estimate of drug-likeness (QED) is 0.205. The first-order valence-corrected chi connectivity index (χ1v) is 12.2. The number of Topliss-reactive ketones (excluding diaryl/α,β-unsaturated/α-hetero) is 2. The summed E-state index contributed by atoms with van der Waals surface area (Å²) in [5.74, 6) is -1.30. The number of aliphatic hydroxyl groups excluding tert-OH is 1. The molecule has 0 spiro atoms. The molecule has 2 aromatic heterocycles. The van der Waals surface area contributed by atoms with Gasteiger partial charge in [0.2, 0.25) is 0 Å². The highest BCUT2D eigenvalue weighted by Gasteiger charge is 2.48. The zero-order valence-electron chi connectivity index (χ0n) is 20.3. The number of ether oxygens (including phenoxy) is 2. The van der Waals surface area contributed by atoms with E-state index >= 15 is 0 Å². The highest BCUT2D eigenvalue weighted by Crippen LogP contribution is 2.45. The third kappa shape index (κ3) is 4.47. The van der Waals surface area contributed by atoms with E-state index in [9.17, 15) is 19.5 Å². The number of aromatic nitrogens is 2. The molecule has 0 radical (unpaired) electrons. The van der Waals surface area contributed by atoms with E-state index in [2.05, 4.69) is 9.97 Å². The predicted molar refractivity (Wildman–Crippen MR) is 135 cm³/mol. The van der Waals surface area contributed by atoms with Gasteiger partial charge in [0.25, 0.3) is 5.78 Å². The van der Waals surface area contributed by atoms with Gasteiger partial charge in [-0.2, -0.15) is 0 Å². The summed E-state index contributed by atoms with van der Waals surface area (Å²) in [7, 11) is 0. The fourth-order valence-electron chi connectivity index (χ4n) is 4.06. The molecule has 186 valence electrons. The van der Waals surface area contributed by atoms with Crippen LogP contribution in [0.5, 0.6) is 11.5 Å². The number of benzene rings is 1. The molecular formula is C26H25N3O6S. The van der Waals surface area contributed by atoms with Crippen LogP contribution in [0.1, 0.15) is 53.3 Å². The second-order valence-corrected chi connectivity index (χ2v) is 8.92. The number of ketones is 2. The Morgan fingerprint density at radius 1 is 1.08 bits per heavy atom. The maximum Gasteiger partial charge on any atom is 0.301 e. The summed E-state index contributed by atoms with van der Waals surface area (Å²) >= 11 is 1.03. The number of carbonyl (C=O) groups is 3. The van der Waals surface area contributed by atoms with Crippen molar-refractivity contribution in [2.24, 2.45) is 0 Å². The number of carbonyl (C=O) groups excluding carboxylic acids is 3. The van der Waals surface area contributed by atoms with Gasteiger partial charge < -0.3 is 14.6 Å². The minimum Gasteiger partial charge on any atom is -0.507 e. The van der Waals surface area contributed by atoms with Gasteiger partial charge in [-0.15, -0.1) is 0 Å². The molecule has 1 amide bonds. The lowest BCUT2D eigenvalue weighted by Crippen LogP contribution is -2.29. The van der Waals surface area contributed by atoms with Crippen LogP contribution in [-0.2, 0) is 9.59 Å². The molecule has 1 aliphatic heterocycles. The second kappa shape index (κ2) is 10.3. The van der Waals surface area contributed by atoms with Crippen molar-refractivity contribution >= 4 is 39.7 Å². The Balaban J connectivity index is 1.96. The zero-order valence-corrected chi connectivity index (χ0v) is 21.1. The molecule has 0 aliphatic carbocycles. The number of pyridine rings is 1. The number of aliphatic hydroxyl groups is 1. The average Bonchev–Trinajstić information content (AvgIpc) is 3.37. The number of hydrogen-bond donors (Lipinski definition) is 1. The number of aryl methyl sites for hydroxylation is 1. The molecule has 1 N–H and O–H groups in total. The van der Waals surface area contributed by atoms with Gasteiger partial charge in [-0.05, 0) is 50.6 Å². The van der Waals surface area contributed by atoms with E-state index in [1.54, 1.807) is 37.3 Å². The van der Waals surface area contributed by atoms with Gasteiger partial charge in [-0.1, -0.05) is 17.4 Å². The minimum atomic E-state index is -1.02. The van der Waals surface area contributed by atoms with Gasteiger partial charge in [0.1, 0.15) is 5.76 Å². The summed E-state index contributed by atoms with van der Waals surface area (Å²) in [6.45, 7) is 7.56. The van der Waals surface area contributed by atoms with E-state index in [4.69, 9.17) is 9.47 Å². The van der Waals surface area contributed by atoms with Crippen molar-refractivity contribution in [3.63, 3.8) is 0 Å². The maximum atomic E-state index is 13.4. The van der Waals surface area contributed by atoms with Crippen molar-refractivity contribution in [3.8, 4) is 11.5 Å². The lowest BCUT2D eigenvalue weighted by molar-refractivity contribution is -0.132. The Kier molecular flexibility index (Phi) is 7.16. The first kappa shape index (κ1) is 25.1. The molecule has 36 heavy (non-hydrogen) atoms. The van der Waals surface area contributed by atoms with Gasteiger partial charge in [0.15, 0.2) is 22.4 Å². The third-order valence-electron chi connectivity index (χ3n) is 5.59. The largest absolute Gasteiger partial charge is 0.507 e. The highest BCUT2D eigenvalue weighted by molar-refractivity contribution is 7.18. The zero-order chi connectivity index (χ0) is 26.0. The van der Waals surface area contributed by atoms with Crippen LogP contribution in [0.2, 0.25) is 0 Å². The predicted octanol–water partition coefficient (Wildman–Crippen LogP) is 4.47. The lowest BCUT2D eigenvalue weighted by atomic mass is 9.95. The van der Waals surface area contributed by atoms with Crippen LogP contribution in [0.15, 0.2) is 48.3 Å². The van der Waals surface area contributed by atoms with Gasteiger partial charge >= 0.3 is 5.91 Å². The van der Waals surface area contributed by atoms with E-state index in [0.717, 1.165) is 11.3 Å². The SMILES string of the molecule is CCOc1ccc(C2C(=C(O)c3ccncc3)C(=O)C(=O)N2c2nc(C)c(C(C)=O)s2)cc1OCC. The van der Waals surface area contributed by atoms with Gasteiger partial charge in [-0.25, -0.2) is 4.98 Å². The summed E-state index contributed by atoms with van der Waals surface area (Å²) in [6.07, 6.45) is 2.96. The fraction of sp³-hybridized carbons (Fsp3) is 0.269. The van der Waals surface area contributed by atoms with Crippen molar-refractivity contribution in [2.75, 3.05) is 18.1 Å². The highest BCUT2D eigenvalue weighted by atomic mass is 32.1. The molecule has 3 aromatic rings. The van der Waals surface area contributed by atoms with E-state index in [-0.39, 0.29) is 22.2 Å². The van der Waals surface area contributed by atoms with Gasteiger partial charge in [0.05, 0.1) is 35.4 Å². The van der Waals surface area contributed by atoms with Crippen molar-refractivity contribution in [3.05, 3.63) is 70.0 Å². The molecule has 3 heterocycles. The van der Waals surface area contributed by atoms with Crippen LogP contribution in [0.3, 0.4) is 0 Å². The van der Waals surface area contributed by atoms with Crippen LogP contribution in [0, 0.1) is 6.92 Å². The van der Waals surface area contributed by atoms with Crippen molar-refractivity contribution in [1.29, 1.82) is 0 Å². The molecule has 0 bridgehead atoms. The van der Waals surface area contributed by atoms with Crippen LogP contribution in [-0.4, -0.2) is 45.8 Å². The third-order valence-corrected chi connectivity index (χ3v) is 6.85. The summed E-state index contributed by atoms with van der Waals surface area (Å²) in [6, 6.07) is 7.17. The van der Waals surface area contributed by atoms with Gasteiger partial charge in [0, 0.05) is 24.9 Å². The number of anilines is 1. The number of rotatable bonds is 8.